The SMILES string of the molecule is C=CC(=O)CCCCSSCCCOC(=O)C=C. The van der Waals surface area contributed by atoms with Gasteiger partial charge in [-0.2, -0.15) is 0 Å². The minimum absolute atomic E-state index is 0.122. The van der Waals surface area contributed by atoms with Gasteiger partial charge in [-0.05, 0) is 25.3 Å². The molecule has 0 heterocycles. The van der Waals surface area contributed by atoms with Crippen LogP contribution in [0.2, 0.25) is 0 Å². The highest BCUT2D eigenvalue weighted by atomic mass is 33.1. The summed E-state index contributed by atoms with van der Waals surface area (Å²) >= 11 is 0. The largest absolute Gasteiger partial charge is 0.463 e. The van der Waals surface area contributed by atoms with E-state index in [1.54, 1.807) is 21.6 Å². The number of rotatable bonds is 12. The number of ketones is 1. The number of ether oxygens (including phenoxy) is 1. The number of carbonyl (C=O) groups excluding carboxylic acids is 2. The summed E-state index contributed by atoms with van der Waals surface area (Å²) < 4.78 is 4.85. The van der Waals surface area contributed by atoms with Crippen LogP contribution in [0.3, 0.4) is 0 Å². The Morgan fingerprint density at radius 3 is 2.28 bits per heavy atom. The molecule has 0 atom stereocenters. The van der Waals surface area contributed by atoms with E-state index < -0.39 is 0 Å². The zero-order valence-electron chi connectivity index (χ0n) is 10.6. The van der Waals surface area contributed by atoms with E-state index in [9.17, 15) is 9.59 Å². The quantitative estimate of drug-likeness (QED) is 0.238. The van der Waals surface area contributed by atoms with Crippen molar-refractivity contribution in [3.05, 3.63) is 25.3 Å². The molecule has 0 spiro atoms. The number of hydrogen-bond donors (Lipinski definition) is 0. The molecular weight excluding hydrogens is 268 g/mol. The standard InChI is InChI=1S/C13H20O3S2/c1-3-12(14)8-5-6-10-17-18-11-7-9-16-13(15)4-2/h3-4H,1-2,5-11H2. The van der Waals surface area contributed by atoms with Gasteiger partial charge in [0.1, 0.15) is 0 Å². The van der Waals surface area contributed by atoms with Gasteiger partial charge in [0, 0.05) is 24.0 Å². The van der Waals surface area contributed by atoms with Crippen molar-refractivity contribution in [1.29, 1.82) is 0 Å². The molecule has 0 rings (SSSR count). The Bertz CT molecular complexity index is 249. The second kappa shape index (κ2) is 12.8. The maximum absolute atomic E-state index is 10.9. The lowest BCUT2D eigenvalue weighted by Crippen LogP contribution is -2.02. The molecule has 0 saturated carbocycles. The Morgan fingerprint density at radius 1 is 1.00 bits per heavy atom. The molecular formula is C13H20O3S2. The number of unbranched alkanes of at least 4 members (excludes halogenated alkanes) is 1. The van der Waals surface area contributed by atoms with Gasteiger partial charge in [-0.1, -0.05) is 34.7 Å². The molecule has 5 heteroatoms. The number of allylic oxidation sites excluding steroid dienone is 1. The molecule has 0 fully saturated rings. The molecule has 0 aromatic carbocycles. The number of esters is 1. The predicted octanol–water partition coefficient (Wildman–Crippen LogP) is 3.41. The molecule has 102 valence electrons. The van der Waals surface area contributed by atoms with E-state index in [1.165, 1.54) is 12.2 Å². The number of hydrogen-bond acceptors (Lipinski definition) is 5. The van der Waals surface area contributed by atoms with Crippen molar-refractivity contribution >= 4 is 33.3 Å². The summed E-state index contributed by atoms with van der Waals surface area (Å²) in [5, 5.41) is 0. The lowest BCUT2D eigenvalue weighted by atomic mass is 10.2. The third-order valence-electron chi connectivity index (χ3n) is 1.99. The van der Waals surface area contributed by atoms with E-state index in [2.05, 4.69) is 13.2 Å². The van der Waals surface area contributed by atoms with Gasteiger partial charge >= 0.3 is 5.97 Å². The molecule has 18 heavy (non-hydrogen) atoms. The molecule has 0 aliphatic heterocycles. The normalized spacial score (nSPS) is 9.78. The van der Waals surface area contributed by atoms with E-state index in [-0.39, 0.29) is 11.8 Å². The highest BCUT2D eigenvalue weighted by Gasteiger charge is 1.97. The van der Waals surface area contributed by atoms with Crippen LogP contribution in [0, 0.1) is 0 Å². The summed E-state index contributed by atoms with van der Waals surface area (Å²) in [7, 11) is 3.57. The fraction of sp³-hybridized carbons (Fsp3) is 0.538. The predicted molar refractivity (Wildman–Crippen MR) is 79.7 cm³/mol. The van der Waals surface area contributed by atoms with Gasteiger partial charge in [0.2, 0.25) is 0 Å². The molecule has 0 amide bonds. The average molecular weight is 288 g/mol. The first-order valence-electron chi connectivity index (χ1n) is 5.89. The first-order valence-corrected chi connectivity index (χ1v) is 8.38. The summed E-state index contributed by atoms with van der Waals surface area (Å²) in [6.07, 6.45) is 5.98. The lowest BCUT2D eigenvalue weighted by molar-refractivity contribution is -0.137. The molecule has 0 aromatic heterocycles. The third-order valence-corrected chi connectivity index (χ3v) is 4.57. The minimum Gasteiger partial charge on any atom is -0.463 e. The Hall–Kier alpha value is -0.680. The lowest BCUT2D eigenvalue weighted by Gasteiger charge is -2.02. The fourth-order valence-electron chi connectivity index (χ4n) is 1.03. The molecule has 0 N–H and O–H groups in total. The topological polar surface area (TPSA) is 43.4 Å². The van der Waals surface area contributed by atoms with E-state index in [1.807, 2.05) is 0 Å². The Kier molecular flexibility index (Phi) is 12.3. The van der Waals surface area contributed by atoms with Gasteiger partial charge in [0.25, 0.3) is 0 Å². The molecule has 0 bridgehead atoms. The summed E-state index contributed by atoms with van der Waals surface area (Å²) in [6.45, 7) is 7.21. The molecule has 0 aliphatic rings. The van der Waals surface area contributed by atoms with Gasteiger partial charge in [-0.25, -0.2) is 4.79 Å². The van der Waals surface area contributed by atoms with Crippen LogP contribution in [-0.2, 0) is 14.3 Å². The zero-order valence-corrected chi connectivity index (χ0v) is 12.2. The molecule has 0 radical (unpaired) electrons. The molecule has 0 aromatic rings. The van der Waals surface area contributed by atoms with E-state index in [4.69, 9.17) is 4.74 Å². The summed E-state index contributed by atoms with van der Waals surface area (Å²) in [5.41, 5.74) is 0. The summed E-state index contributed by atoms with van der Waals surface area (Å²) in [4.78, 5) is 21.6. The van der Waals surface area contributed by atoms with Crippen LogP contribution in [-0.4, -0.2) is 29.9 Å². The number of carbonyl (C=O) groups is 2. The van der Waals surface area contributed by atoms with Crippen molar-refractivity contribution in [3.8, 4) is 0 Å². The van der Waals surface area contributed by atoms with E-state index >= 15 is 0 Å². The van der Waals surface area contributed by atoms with Crippen molar-refractivity contribution in [2.24, 2.45) is 0 Å². The second-order valence-electron chi connectivity index (χ2n) is 3.50. The van der Waals surface area contributed by atoms with Crippen LogP contribution in [0.15, 0.2) is 25.3 Å². The van der Waals surface area contributed by atoms with E-state index in [0.717, 1.165) is 30.8 Å². The Morgan fingerprint density at radius 2 is 1.67 bits per heavy atom. The molecule has 0 aliphatic carbocycles. The first-order chi connectivity index (χ1) is 8.70. The first kappa shape index (κ1) is 17.3. The minimum atomic E-state index is -0.362. The van der Waals surface area contributed by atoms with Gasteiger partial charge in [0.15, 0.2) is 5.78 Å². The maximum Gasteiger partial charge on any atom is 0.330 e. The third kappa shape index (κ3) is 11.8. The smallest absolute Gasteiger partial charge is 0.330 e. The van der Waals surface area contributed by atoms with Crippen molar-refractivity contribution < 1.29 is 14.3 Å². The van der Waals surface area contributed by atoms with Gasteiger partial charge in [-0.3, -0.25) is 4.79 Å². The zero-order chi connectivity index (χ0) is 13.6. The van der Waals surface area contributed by atoms with Crippen LogP contribution in [0.5, 0.6) is 0 Å². The fourth-order valence-corrected chi connectivity index (χ4v) is 3.24. The summed E-state index contributed by atoms with van der Waals surface area (Å²) in [5.74, 6) is 1.76. The Balaban J connectivity index is 3.12. The van der Waals surface area contributed by atoms with Crippen LogP contribution in [0.4, 0.5) is 0 Å². The van der Waals surface area contributed by atoms with Crippen molar-refractivity contribution in [3.63, 3.8) is 0 Å². The highest BCUT2D eigenvalue weighted by Crippen LogP contribution is 2.23. The monoisotopic (exact) mass is 288 g/mol. The van der Waals surface area contributed by atoms with Crippen LogP contribution < -0.4 is 0 Å². The van der Waals surface area contributed by atoms with Crippen molar-refractivity contribution in [2.75, 3.05) is 18.1 Å². The van der Waals surface area contributed by atoms with Crippen molar-refractivity contribution in [1.82, 2.24) is 0 Å². The second-order valence-corrected chi connectivity index (χ2v) is 6.20. The van der Waals surface area contributed by atoms with Crippen LogP contribution in [0.25, 0.3) is 0 Å². The van der Waals surface area contributed by atoms with Crippen LogP contribution in [0.1, 0.15) is 25.7 Å². The maximum atomic E-state index is 10.9. The Labute approximate surface area is 117 Å². The van der Waals surface area contributed by atoms with Gasteiger partial charge in [-0.15, -0.1) is 0 Å². The molecule has 3 nitrogen and oxygen atoms in total. The van der Waals surface area contributed by atoms with Crippen LogP contribution >= 0.6 is 21.6 Å². The van der Waals surface area contributed by atoms with Gasteiger partial charge < -0.3 is 4.74 Å². The van der Waals surface area contributed by atoms with E-state index in [0.29, 0.717) is 13.0 Å². The van der Waals surface area contributed by atoms with Crippen molar-refractivity contribution in [2.45, 2.75) is 25.7 Å². The average Bonchev–Trinajstić information content (AvgIpc) is 2.40. The molecule has 0 unspecified atom stereocenters. The summed E-state index contributed by atoms with van der Waals surface area (Å²) in [6, 6.07) is 0. The van der Waals surface area contributed by atoms with Gasteiger partial charge in [0.05, 0.1) is 6.61 Å². The molecule has 0 saturated heterocycles. The highest BCUT2D eigenvalue weighted by molar-refractivity contribution is 8.76.